The van der Waals surface area contributed by atoms with Gasteiger partial charge in [-0.15, -0.1) is 0 Å². The van der Waals surface area contributed by atoms with Gasteiger partial charge in [0.1, 0.15) is 5.82 Å². The van der Waals surface area contributed by atoms with Crippen molar-refractivity contribution < 1.29 is 5.11 Å². The van der Waals surface area contributed by atoms with Crippen LogP contribution >= 0.6 is 0 Å². The first-order valence-corrected chi connectivity index (χ1v) is 3.40. The summed E-state index contributed by atoms with van der Waals surface area (Å²) in [6.45, 7) is 1.70. The molecule has 1 aromatic heterocycles. The van der Waals surface area contributed by atoms with E-state index in [4.69, 9.17) is 10.8 Å². The molecule has 0 aliphatic rings. The van der Waals surface area contributed by atoms with E-state index in [1.54, 1.807) is 19.2 Å². The lowest BCUT2D eigenvalue weighted by molar-refractivity contribution is 0.265. The maximum absolute atomic E-state index is 8.69. The zero-order valence-electron chi connectivity index (χ0n) is 6.36. The van der Waals surface area contributed by atoms with Crippen LogP contribution in [0.1, 0.15) is 17.6 Å². The standard InChI is InChI=1S/C7H11N3O/c1-5-9-3-2-7(10-5)6(8)4-11/h2-3,6,11H,4,8H2,1H3. The number of hydrogen-bond acceptors (Lipinski definition) is 4. The van der Waals surface area contributed by atoms with Gasteiger partial charge >= 0.3 is 0 Å². The summed E-state index contributed by atoms with van der Waals surface area (Å²) in [7, 11) is 0. The molecule has 0 aromatic carbocycles. The van der Waals surface area contributed by atoms with Crippen LogP contribution in [0.2, 0.25) is 0 Å². The fourth-order valence-electron chi connectivity index (χ4n) is 0.775. The summed E-state index contributed by atoms with van der Waals surface area (Å²) < 4.78 is 0. The molecule has 0 radical (unpaired) electrons. The van der Waals surface area contributed by atoms with Crippen LogP contribution in [0.3, 0.4) is 0 Å². The first kappa shape index (κ1) is 8.10. The number of aliphatic hydroxyl groups excluding tert-OH is 1. The summed E-state index contributed by atoms with van der Waals surface area (Å²) >= 11 is 0. The van der Waals surface area contributed by atoms with E-state index in [2.05, 4.69) is 9.97 Å². The predicted octanol–water partition coefficient (Wildman–Crippen LogP) is -0.223. The van der Waals surface area contributed by atoms with E-state index >= 15 is 0 Å². The third-order valence-electron chi connectivity index (χ3n) is 1.37. The SMILES string of the molecule is Cc1nccc(C(N)CO)n1. The van der Waals surface area contributed by atoms with E-state index in [-0.39, 0.29) is 6.61 Å². The molecule has 60 valence electrons. The first-order chi connectivity index (χ1) is 5.24. The molecule has 0 amide bonds. The Morgan fingerprint density at radius 1 is 1.73 bits per heavy atom. The number of rotatable bonds is 2. The molecule has 4 heteroatoms. The fourth-order valence-corrected chi connectivity index (χ4v) is 0.775. The molecular formula is C7H11N3O. The highest BCUT2D eigenvalue weighted by atomic mass is 16.3. The summed E-state index contributed by atoms with van der Waals surface area (Å²) in [5, 5.41) is 8.69. The van der Waals surface area contributed by atoms with Crippen molar-refractivity contribution in [3.8, 4) is 0 Å². The third kappa shape index (κ3) is 1.96. The topological polar surface area (TPSA) is 72.0 Å². The minimum absolute atomic E-state index is 0.0869. The Labute approximate surface area is 65.1 Å². The molecular weight excluding hydrogens is 142 g/mol. The van der Waals surface area contributed by atoms with Crippen molar-refractivity contribution in [2.45, 2.75) is 13.0 Å². The van der Waals surface area contributed by atoms with Crippen LogP contribution < -0.4 is 5.73 Å². The summed E-state index contributed by atoms with van der Waals surface area (Å²) in [5.41, 5.74) is 6.20. The third-order valence-corrected chi connectivity index (χ3v) is 1.37. The molecule has 1 heterocycles. The second kappa shape index (κ2) is 3.41. The normalized spacial score (nSPS) is 13.0. The Morgan fingerprint density at radius 3 is 3.00 bits per heavy atom. The van der Waals surface area contributed by atoms with Gasteiger partial charge in [0.05, 0.1) is 18.3 Å². The minimum Gasteiger partial charge on any atom is -0.394 e. The summed E-state index contributed by atoms with van der Waals surface area (Å²) in [6, 6.07) is 1.31. The van der Waals surface area contributed by atoms with Crippen LogP contribution in [-0.2, 0) is 0 Å². The van der Waals surface area contributed by atoms with Crippen molar-refractivity contribution in [1.29, 1.82) is 0 Å². The second-order valence-corrected chi connectivity index (χ2v) is 2.32. The van der Waals surface area contributed by atoms with Crippen molar-refractivity contribution in [3.05, 3.63) is 23.8 Å². The number of nitrogens with zero attached hydrogens (tertiary/aromatic N) is 2. The van der Waals surface area contributed by atoms with Gasteiger partial charge in [-0.3, -0.25) is 0 Å². The second-order valence-electron chi connectivity index (χ2n) is 2.32. The van der Waals surface area contributed by atoms with Crippen LogP contribution in [0, 0.1) is 6.92 Å². The lowest BCUT2D eigenvalue weighted by atomic mass is 10.2. The van der Waals surface area contributed by atoms with Crippen molar-refractivity contribution in [3.63, 3.8) is 0 Å². The van der Waals surface area contributed by atoms with Gasteiger partial charge < -0.3 is 10.8 Å². The zero-order valence-corrected chi connectivity index (χ0v) is 6.36. The lowest BCUT2D eigenvalue weighted by Crippen LogP contribution is -2.16. The zero-order chi connectivity index (χ0) is 8.27. The average molecular weight is 153 g/mol. The van der Waals surface area contributed by atoms with Crippen molar-refractivity contribution >= 4 is 0 Å². The Hall–Kier alpha value is -1.00. The fraction of sp³-hybridized carbons (Fsp3) is 0.429. The molecule has 4 nitrogen and oxygen atoms in total. The maximum atomic E-state index is 8.69. The summed E-state index contributed by atoms with van der Waals surface area (Å²) in [4.78, 5) is 7.96. The molecule has 11 heavy (non-hydrogen) atoms. The van der Waals surface area contributed by atoms with Gasteiger partial charge in [-0.2, -0.15) is 0 Å². The quantitative estimate of drug-likeness (QED) is 0.616. The highest BCUT2D eigenvalue weighted by Crippen LogP contribution is 2.04. The van der Waals surface area contributed by atoms with E-state index in [0.29, 0.717) is 11.5 Å². The Balaban J connectivity index is 2.86. The van der Waals surface area contributed by atoms with Gasteiger partial charge in [-0.1, -0.05) is 0 Å². The molecule has 1 atom stereocenters. The molecule has 0 bridgehead atoms. The van der Waals surface area contributed by atoms with Gasteiger partial charge in [-0.05, 0) is 13.0 Å². The van der Waals surface area contributed by atoms with Gasteiger partial charge in [0.2, 0.25) is 0 Å². The van der Waals surface area contributed by atoms with E-state index in [9.17, 15) is 0 Å². The van der Waals surface area contributed by atoms with Crippen LogP contribution in [0.5, 0.6) is 0 Å². The van der Waals surface area contributed by atoms with Crippen LogP contribution in [0.15, 0.2) is 12.3 Å². The van der Waals surface area contributed by atoms with Crippen LogP contribution in [-0.4, -0.2) is 21.7 Å². The smallest absolute Gasteiger partial charge is 0.125 e. The molecule has 0 aliphatic carbocycles. The predicted molar refractivity (Wildman–Crippen MR) is 40.8 cm³/mol. The summed E-state index contributed by atoms with van der Waals surface area (Å²) in [5.74, 6) is 0.673. The molecule has 3 N–H and O–H groups in total. The van der Waals surface area contributed by atoms with E-state index in [1.807, 2.05) is 0 Å². The first-order valence-electron chi connectivity index (χ1n) is 3.40. The van der Waals surface area contributed by atoms with Crippen LogP contribution in [0.25, 0.3) is 0 Å². The molecule has 0 saturated carbocycles. The van der Waals surface area contributed by atoms with E-state index in [0.717, 1.165) is 0 Å². The van der Waals surface area contributed by atoms with E-state index < -0.39 is 6.04 Å². The minimum atomic E-state index is -0.392. The largest absolute Gasteiger partial charge is 0.394 e. The van der Waals surface area contributed by atoms with Gasteiger partial charge in [0.15, 0.2) is 0 Å². The highest BCUT2D eigenvalue weighted by Gasteiger charge is 2.04. The summed E-state index contributed by atoms with van der Waals surface area (Å²) in [6.07, 6.45) is 1.63. The number of nitrogens with two attached hydrogens (primary N) is 1. The lowest BCUT2D eigenvalue weighted by Gasteiger charge is -2.06. The molecule has 0 aliphatic heterocycles. The monoisotopic (exact) mass is 153 g/mol. The number of aromatic nitrogens is 2. The molecule has 1 unspecified atom stereocenters. The Bertz CT molecular complexity index is 239. The maximum Gasteiger partial charge on any atom is 0.125 e. The van der Waals surface area contributed by atoms with Gasteiger partial charge in [0, 0.05) is 6.20 Å². The molecule has 1 aromatic rings. The Kier molecular flexibility index (Phi) is 2.51. The van der Waals surface area contributed by atoms with Gasteiger partial charge in [-0.25, -0.2) is 9.97 Å². The molecule has 1 rings (SSSR count). The molecule has 0 saturated heterocycles. The van der Waals surface area contributed by atoms with Gasteiger partial charge in [0.25, 0.3) is 0 Å². The number of aliphatic hydroxyl groups is 1. The highest BCUT2D eigenvalue weighted by molar-refractivity contribution is 5.06. The van der Waals surface area contributed by atoms with E-state index in [1.165, 1.54) is 0 Å². The van der Waals surface area contributed by atoms with Crippen molar-refractivity contribution in [1.82, 2.24) is 9.97 Å². The average Bonchev–Trinajstić information content (AvgIpc) is 2.03. The number of hydrogen-bond donors (Lipinski definition) is 2. The molecule has 0 spiro atoms. The van der Waals surface area contributed by atoms with Crippen molar-refractivity contribution in [2.75, 3.05) is 6.61 Å². The number of aryl methyl sites for hydroxylation is 1. The Morgan fingerprint density at radius 2 is 2.45 bits per heavy atom. The molecule has 0 fully saturated rings. The van der Waals surface area contributed by atoms with Crippen molar-refractivity contribution in [2.24, 2.45) is 5.73 Å². The van der Waals surface area contributed by atoms with Crippen LogP contribution in [0.4, 0.5) is 0 Å².